The lowest BCUT2D eigenvalue weighted by Crippen LogP contribution is -2.05. The fourth-order valence-electron chi connectivity index (χ4n) is 1.91. The van der Waals surface area contributed by atoms with Crippen LogP contribution in [0.3, 0.4) is 0 Å². The average Bonchev–Trinajstić information content (AvgIpc) is 2.40. The molecule has 0 saturated heterocycles. The molecule has 0 spiro atoms. The number of aryl methyl sites for hydroxylation is 1. The minimum atomic E-state index is -0.258. The van der Waals surface area contributed by atoms with Crippen LogP contribution in [0, 0.1) is 5.82 Å². The summed E-state index contributed by atoms with van der Waals surface area (Å²) in [6.07, 6.45) is 1.76. The minimum Gasteiger partial charge on any atom is -0.370 e. The van der Waals surface area contributed by atoms with Crippen LogP contribution in [0.4, 0.5) is 10.2 Å². The zero-order valence-corrected chi connectivity index (χ0v) is 11.3. The first-order valence-electron chi connectivity index (χ1n) is 6.61. The number of nitrogens with zero attached hydrogens (tertiary/aromatic N) is 2. The molecule has 0 unspecified atom stereocenters. The highest BCUT2D eigenvalue weighted by atomic mass is 19.1. The van der Waals surface area contributed by atoms with Gasteiger partial charge >= 0.3 is 0 Å². The third kappa shape index (κ3) is 3.28. The van der Waals surface area contributed by atoms with Gasteiger partial charge in [0.2, 0.25) is 0 Å². The summed E-state index contributed by atoms with van der Waals surface area (Å²) < 4.78 is 13.8. The van der Waals surface area contributed by atoms with Crippen molar-refractivity contribution >= 4 is 5.82 Å². The molecule has 0 aliphatic heterocycles. The molecule has 2 rings (SSSR count). The lowest BCUT2D eigenvalue weighted by molar-refractivity contribution is 0.630. The summed E-state index contributed by atoms with van der Waals surface area (Å²) in [5.41, 5.74) is 1.15. The molecule has 100 valence electrons. The fraction of sp³-hybridized carbons (Fsp3) is 0.333. The van der Waals surface area contributed by atoms with Gasteiger partial charge in [0.05, 0.1) is 5.69 Å². The molecular formula is C15H18FN3. The molecule has 1 aromatic carbocycles. The summed E-state index contributed by atoms with van der Waals surface area (Å²) in [4.78, 5) is 8.87. The molecule has 19 heavy (non-hydrogen) atoms. The van der Waals surface area contributed by atoms with Gasteiger partial charge in [-0.15, -0.1) is 0 Å². The smallest absolute Gasteiger partial charge is 0.132 e. The molecule has 1 aromatic heterocycles. The normalized spacial score (nSPS) is 10.5. The molecule has 0 aliphatic rings. The quantitative estimate of drug-likeness (QED) is 0.890. The Balaban J connectivity index is 2.46. The highest BCUT2D eigenvalue weighted by molar-refractivity contribution is 5.63. The number of benzene rings is 1. The van der Waals surface area contributed by atoms with Crippen molar-refractivity contribution in [1.29, 1.82) is 0 Å². The summed E-state index contributed by atoms with van der Waals surface area (Å²) in [5.74, 6) is 1.24. The van der Waals surface area contributed by atoms with Crippen LogP contribution < -0.4 is 5.32 Å². The summed E-state index contributed by atoms with van der Waals surface area (Å²) >= 11 is 0. The molecule has 0 radical (unpaired) electrons. The lowest BCUT2D eigenvalue weighted by atomic mass is 10.1. The maximum Gasteiger partial charge on any atom is 0.132 e. The van der Waals surface area contributed by atoms with Crippen molar-refractivity contribution in [2.75, 3.05) is 11.9 Å². The van der Waals surface area contributed by atoms with Gasteiger partial charge in [-0.1, -0.05) is 19.1 Å². The fourth-order valence-corrected chi connectivity index (χ4v) is 1.91. The molecule has 0 amide bonds. The van der Waals surface area contributed by atoms with E-state index in [0.29, 0.717) is 11.3 Å². The Morgan fingerprint density at radius 3 is 2.63 bits per heavy atom. The maximum atomic E-state index is 13.8. The lowest BCUT2D eigenvalue weighted by Gasteiger charge is -2.09. The van der Waals surface area contributed by atoms with Crippen molar-refractivity contribution in [3.63, 3.8) is 0 Å². The van der Waals surface area contributed by atoms with E-state index < -0.39 is 0 Å². The van der Waals surface area contributed by atoms with Crippen LogP contribution in [-0.4, -0.2) is 16.5 Å². The van der Waals surface area contributed by atoms with E-state index in [-0.39, 0.29) is 5.82 Å². The summed E-state index contributed by atoms with van der Waals surface area (Å²) in [6.45, 7) is 4.86. The summed E-state index contributed by atoms with van der Waals surface area (Å²) in [7, 11) is 0. The molecule has 0 bridgehead atoms. The van der Waals surface area contributed by atoms with Gasteiger partial charge in [-0.2, -0.15) is 0 Å². The predicted molar refractivity (Wildman–Crippen MR) is 75.6 cm³/mol. The van der Waals surface area contributed by atoms with Gasteiger partial charge in [0, 0.05) is 24.6 Å². The standard InChI is InChI=1S/C15H18FN3/c1-3-7-14-18-13(10-15(19-14)17-4-2)11-8-5-6-9-12(11)16/h5-6,8-10H,3-4,7H2,1-2H3,(H,17,18,19). The Kier molecular flexibility index (Phi) is 4.44. The van der Waals surface area contributed by atoms with E-state index in [1.807, 2.05) is 13.0 Å². The van der Waals surface area contributed by atoms with E-state index in [1.165, 1.54) is 6.07 Å². The first-order chi connectivity index (χ1) is 9.24. The SMILES string of the molecule is CCCc1nc(NCC)cc(-c2ccccc2F)n1. The van der Waals surface area contributed by atoms with Crippen molar-refractivity contribution in [1.82, 2.24) is 9.97 Å². The third-order valence-corrected chi connectivity index (χ3v) is 2.75. The number of nitrogens with one attached hydrogen (secondary N) is 1. The topological polar surface area (TPSA) is 37.8 Å². The van der Waals surface area contributed by atoms with Gasteiger partial charge in [-0.05, 0) is 25.5 Å². The molecule has 1 N–H and O–H groups in total. The van der Waals surface area contributed by atoms with E-state index in [9.17, 15) is 4.39 Å². The number of halogens is 1. The van der Waals surface area contributed by atoms with Crippen LogP contribution in [0.2, 0.25) is 0 Å². The second-order valence-electron chi connectivity index (χ2n) is 4.31. The van der Waals surface area contributed by atoms with Crippen LogP contribution in [0.15, 0.2) is 30.3 Å². The second kappa shape index (κ2) is 6.27. The van der Waals surface area contributed by atoms with E-state index in [2.05, 4.69) is 22.2 Å². The Hall–Kier alpha value is -1.97. The van der Waals surface area contributed by atoms with Gasteiger partial charge in [-0.25, -0.2) is 14.4 Å². The Morgan fingerprint density at radius 1 is 1.16 bits per heavy atom. The highest BCUT2D eigenvalue weighted by Gasteiger charge is 2.09. The number of anilines is 1. The van der Waals surface area contributed by atoms with E-state index in [0.717, 1.165) is 31.0 Å². The van der Waals surface area contributed by atoms with Gasteiger partial charge in [0.25, 0.3) is 0 Å². The molecular weight excluding hydrogens is 241 g/mol. The maximum absolute atomic E-state index is 13.8. The largest absolute Gasteiger partial charge is 0.370 e. The summed E-state index contributed by atoms with van der Waals surface area (Å²) in [5, 5.41) is 3.16. The first-order valence-corrected chi connectivity index (χ1v) is 6.61. The number of aromatic nitrogens is 2. The molecule has 1 heterocycles. The van der Waals surface area contributed by atoms with Crippen LogP contribution in [0.25, 0.3) is 11.3 Å². The number of hydrogen-bond donors (Lipinski definition) is 1. The van der Waals surface area contributed by atoms with Crippen molar-refractivity contribution in [3.8, 4) is 11.3 Å². The molecule has 0 saturated carbocycles. The van der Waals surface area contributed by atoms with Crippen LogP contribution in [-0.2, 0) is 6.42 Å². The van der Waals surface area contributed by atoms with E-state index >= 15 is 0 Å². The van der Waals surface area contributed by atoms with Gasteiger partial charge in [-0.3, -0.25) is 0 Å². The molecule has 2 aromatic rings. The van der Waals surface area contributed by atoms with Crippen LogP contribution in [0.5, 0.6) is 0 Å². The van der Waals surface area contributed by atoms with E-state index in [1.54, 1.807) is 18.2 Å². The third-order valence-electron chi connectivity index (χ3n) is 2.75. The Labute approximate surface area is 112 Å². The molecule has 0 atom stereocenters. The molecule has 0 fully saturated rings. The molecule has 3 nitrogen and oxygen atoms in total. The van der Waals surface area contributed by atoms with Gasteiger partial charge in [0.1, 0.15) is 17.5 Å². The Bertz CT molecular complexity index is 531. The number of hydrogen-bond acceptors (Lipinski definition) is 3. The first kappa shape index (κ1) is 13.5. The highest BCUT2D eigenvalue weighted by Crippen LogP contribution is 2.23. The molecule has 0 aliphatic carbocycles. The summed E-state index contributed by atoms with van der Waals surface area (Å²) in [6, 6.07) is 8.47. The van der Waals surface area contributed by atoms with Crippen molar-refractivity contribution < 1.29 is 4.39 Å². The van der Waals surface area contributed by atoms with Gasteiger partial charge in [0.15, 0.2) is 0 Å². The van der Waals surface area contributed by atoms with Crippen molar-refractivity contribution in [2.45, 2.75) is 26.7 Å². The Morgan fingerprint density at radius 2 is 1.95 bits per heavy atom. The second-order valence-corrected chi connectivity index (χ2v) is 4.31. The average molecular weight is 259 g/mol. The predicted octanol–water partition coefficient (Wildman–Crippen LogP) is 3.67. The van der Waals surface area contributed by atoms with Crippen molar-refractivity contribution in [3.05, 3.63) is 42.0 Å². The minimum absolute atomic E-state index is 0.258. The number of rotatable bonds is 5. The monoisotopic (exact) mass is 259 g/mol. The van der Waals surface area contributed by atoms with Crippen LogP contribution >= 0.6 is 0 Å². The zero-order valence-electron chi connectivity index (χ0n) is 11.3. The van der Waals surface area contributed by atoms with Crippen molar-refractivity contribution in [2.24, 2.45) is 0 Å². The zero-order chi connectivity index (χ0) is 13.7. The van der Waals surface area contributed by atoms with Crippen LogP contribution in [0.1, 0.15) is 26.1 Å². The van der Waals surface area contributed by atoms with E-state index in [4.69, 9.17) is 0 Å². The molecule has 4 heteroatoms. The van der Waals surface area contributed by atoms with Gasteiger partial charge < -0.3 is 5.32 Å².